The quantitative estimate of drug-likeness (QED) is 0.561. The van der Waals surface area contributed by atoms with Crippen LogP contribution in [0.5, 0.6) is 0 Å². The molecule has 2 rings (SSSR count). The van der Waals surface area contributed by atoms with E-state index < -0.39 is 0 Å². The van der Waals surface area contributed by atoms with Gasteiger partial charge in [-0.1, -0.05) is 32.0 Å². The molecule has 5 heteroatoms. The Labute approximate surface area is 126 Å². The van der Waals surface area contributed by atoms with Crippen LogP contribution in [0.15, 0.2) is 42.1 Å². The number of rotatable bonds is 5. The minimum atomic E-state index is -0.345. The van der Waals surface area contributed by atoms with Crippen molar-refractivity contribution in [3.05, 3.63) is 62.9 Å². The van der Waals surface area contributed by atoms with Crippen LogP contribution in [0.2, 0.25) is 0 Å². The first-order chi connectivity index (χ1) is 9.97. The van der Waals surface area contributed by atoms with Gasteiger partial charge in [-0.15, -0.1) is 11.3 Å². The van der Waals surface area contributed by atoms with Gasteiger partial charge in [0.25, 0.3) is 0 Å². The standard InChI is InChI=1S/C16H16FNO2S/c1-11(2)9-12(18(19)20)10-13-7-8-16(21-13)14-5-3-4-6-15(14)17/h3-8,10-11H,9H2,1-2H3. The maximum Gasteiger partial charge on any atom is 0.247 e. The van der Waals surface area contributed by atoms with Gasteiger partial charge in [0.05, 0.1) is 4.92 Å². The van der Waals surface area contributed by atoms with Crippen LogP contribution in [0.3, 0.4) is 0 Å². The lowest BCUT2D eigenvalue weighted by atomic mass is 10.1. The summed E-state index contributed by atoms with van der Waals surface area (Å²) in [6, 6.07) is 10.1. The Morgan fingerprint density at radius 3 is 2.67 bits per heavy atom. The van der Waals surface area contributed by atoms with E-state index in [1.165, 1.54) is 17.4 Å². The second-order valence-electron chi connectivity index (χ2n) is 5.17. The van der Waals surface area contributed by atoms with Gasteiger partial charge in [0.1, 0.15) is 5.82 Å². The molecule has 1 aromatic heterocycles. The van der Waals surface area contributed by atoms with Crippen LogP contribution in [0, 0.1) is 21.8 Å². The van der Waals surface area contributed by atoms with E-state index >= 15 is 0 Å². The third kappa shape index (κ3) is 3.98. The van der Waals surface area contributed by atoms with Crippen molar-refractivity contribution in [3.8, 4) is 10.4 Å². The molecule has 1 heterocycles. The number of nitro groups is 1. The first kappa shape index (κ1) is 15.4. The monoisotopic (exact) mass is 305 g/mol. The van der Waals surface area contributed by atoms with Gasteiger partial charge in [0.2, 0.25) is 5.70 Å². The van der Waals surface area contributed by atoms with Crippen LogP contribution in [-0.4, -0.2) is 4.92 Å². The zero-order chi connectivity index (χ0) is 15.4. The number of halogens is 1. The minimum Gasteiger partial charge on any atom is -0.259 e. The van der Waals surface area contributed by atoms with Gasteiger partial charge in [-0.2, -0.15) is 0 Å². The van der Waals surface area contributed by atoms with Crippen molar-refractivity contribution in [2.75, 3.05) is 0 Å². The maximum atomic E-state index is 13.7. The molecule has 110 valence electrons. The zero-order valence-electron chi connectivity index (χ0n) is 11.9. The average Bonchev–Trinajstić information content (AvgIpc) is 2.86. The molecule has 0 unspecified atom stereocenters. The van der Waals surface area contributed by atoms with Crippen LogP contribution in [0.25, 0.3) is 16.5 Å². The van der Waals surface area contributed by atoms with E-state index in [9.17, 15) is 14.5 Å². The van der Waals surface area contributed by atoms with Crippen molar-refractivity contribution in [1.82, 2.24) is 0 Å². The van der Waals surface area contributed by atoms with Gasteiger partial charge in [-0.25, -0.2) is 4.39 Å². The molecule has 0 aliphatic heterocycles. The predicted molar refractivity (Wildman–Crippen MR) is 84.1 cm³/mol. The van der Waals surface area contributed by atoms with Crippen LogP contribution < -0.4 is 0 Å². The van der Waals surface area contributed by atoms with Crippen LogP contribution in [-0.2, 0) is 0 Å². The Kier molecular flexibility index (Phi) is 4.85. The second kappa shape index (κ2) is 6.63. The molecule has 0 amide bonds. The van der Waals surface area contributed by atoms with Gasteiger partial charge in [0.15, 0.2) is 0 Å². The van der Waals surface area contributed by atoms with Crippen molar-refractivity contribution in [2.24, 2.45) is 5.92 Å². The molecule has 0 saturated heterocycles. The molecule has 0 saturated carbocycles. The lowest BCUT2D eigenvalue weighted by Crippen LogP contribution is -2.01. The van der Waals surface area contributed by atoms with Crippen LogP contribution in [0.4, 0.5) is 4.39 Å². The Balaban J connectivity index is 2.31. The number of benzene rings is 1. The molecule has 0 N–H and O–H groups in total. The third-order valence-electron chi connectivity index (χ3n) is 2.93. The number of nitrogens with zero attached hydrogens (tertiary/aromatic N) is 1. The third-order valence-corrected chi connectivity index (χ3v) is 3.99. The van der Waals surface area contributed by atoms with Crippen molar-refractivity contribution >= 4 is 17.4 Å². The lowest BCUT2D eigenvalue weighted by Gasteiger charge is -2.01. The van der Waals surface area contributed by atoms with E-state index in [1.54, 1.807) is 36.4 Å². The summed E-state index contributed by atoms with van der Waals surface area (Å²) in [5.41, 5.74) is 0.709. The molecule has 0 fully saturated rings. The summed E-state index contributed by atoms with van der Waals surface area (Å²) >= 11 is 1.35. The molecule has 0 aliphatic rings. The van der Waals surface area contributed by atoms with Crippen LogP contribution >= 0.6 is 11.3 Å². The van der Waals surface area contributed by atoms with E-state index in [0.29, 0.717) is 12.0 Å². The van der Waals surface area contributed by atoms with Gasteiger partial charge >= 0.3 is 0 Å². The van der Waals surface area contributed by atoms with Crippen LogP contribution in [0.1, 0.15) is 25.1 Å². The highest BCUT2D eigenvalue weighted by Crippen LogP contribution is 2.31. The molecule has 0 atom stereocenters. The van der Waals surface area contributed by atoms with E-state index in [0.717, 1.165) is 9.75 Å². The van der Waals surface area contributed by atoms with Crippen molar-refractivity contribution in [3.63, 3.8) is 0 Å². The summed E-state index contributed by atoms with van der Waals surface area (Å²) in [7, 11) is 0. The van der Waals surface area contributed by atoms with E-state index in [2.05, 4.69) is 0 Å². The average molecular weight is 305 g/mol. The number of hydrogen-bond acceptors (Lipinski definition) is 3. The lowest BCUT2D eigenvalue weighted by molar-refractivity contribution is -0.427. The molecule has 0 aliphatic carbocycles. The number of thiophene rings is 1. The Hall–Kier alpha value is -2.01. The van der Waals surface area contributed by atoms with E-state index in [1.807, 2.05) is 13.8 Å². The summed E-state index contributed by atoms with van der Waals surface area (Å²) in [6.45, 7) is 3.88. The Bertz CT molecular complexity index is 676. The zero-order valence-corrected chi connectivity index (χ0v) is 12.7. The molecular weight excluding hydrogens is 289 g/mol. The summed E-state index contributed by atoms with van der Waals surface area (Å²) in [6.07, 6.45) is 1.99. The summed E-state index contributed by atoms with van der Waals surface area (Å²) in [5, 5.41) is 11.1. The fraction of sp³-hybridized carbons (Fsp3) is 0.250. The summed E-state index contributed by atoms with van der Waals surface area (Å²) in [4.78, 5) is 12.2. The minimum absolute atomic E-state index is 0.187. The van der Waals surface area contributed by atoms with Crippen molar-refractivity contribution in [2.45, 2.75) is 20.3 Å². The van der Waals surface area contributed by atoms with Gasteiger partial charge in [-0.05, 0) is 24.1 Å². The molecule has 0 radical (unpaired) electrons. The highest BCUT2D eigenvalue weighted by molar-refractivity contribution is 7.16. The normalized spacial score (nSPS) is 11.9. The fourth-order valence-corrected chi connectivity index (χ4v) is 3.00. The smallest absolute Gasteiger partial charge is 0.247 e. The van der Waals surface area contributed by atoms with Gasteiger partial charge in [-0.3, -0.25) is 10.1 Å². The molecule has 0 spiro atoms. The largest absolute Gasteiger partial charge is 0.259 e. The highest BCUT2D eigenvalue weighted by atomic mass is 32.1. The maximum absolute atomic E-state index is 13.7. The number of allylic oxidation sites excluding steroid dienone is 1. The molecule has 0 bridgehead atoms. The SMILES string of the molecule is CC(C)CC(=Cc1ccc(-c2ccccc2F)s1)[N+](=O)[O-]. The first-order valence-electron chi connectivity index (χ1n) is 6.67. The molecular formula is C16H16FNO2S. The number of hydrogen-bond donors (Lipinski definition) is 0. The first-order valence-corrected chi connectivity index (χ1v) is 7.48. The Morgan fingerprint density at radius 2 is 2.05 bits per heavy atom. The van der Waals surface area contributed by atoms with E-state index in [4.69, 9.17) is 0 Å². The summed E-state index contributed by atoms with van der Waals surface area (Å²) < 4.78 is 13.7. The Morgan fingerprint density at radius 1 is 1.33 bits per heavy atom. The highest BCUT2D eigenvalue weighted by Gasteiger charge is 2.14. The molecule has 2 aromatic rings. The molecule has 1 aromatic carbocycles. The van der Waals surface area contributed by atoms with Crippen molar-refractivity contribution in [1.29, 1.82) is 0 Å². The van der Waals surface area contributed by atoms with Gasteiger partial charge in [0, 0.05) is 27.8 Å². The second-order valence-corrected chi connectivity index (χ2v) is 6.29. The topological polar surface area (TPSA) is 43.1 Å². The van der Waals surface area contributed by atoms with Gasteiger partial charge < -0.3 is 0 Å². The van der Waals surface area contributed by atoms with Crippen molar-refractivity contribution < 1.29 is 9.31 Å². The predicted octanol–water partition coefficient (Wildman–Crippen LogP) is 5.22. The fourth-order valence-electron chi connectivity index (χ4n) is 2.00. The molecule has 3 nitrogen and oxygen atoms in total. The molecule has 21 heavy (non-hydrogen) atoms. The van der Waals surface area contributed by atoms with E-state index in [-0.39, 0.29) is 22.4 Å². The summed E-state index contributed by atoms with van der Waals surface area (Å²) in [5.74, 6) is -0.0702.